The molecule has 1 aromatic rings. The normalized spacial score (nSPS) is 28.8. The van der Waals surface area contributed by atoms with Crippen LogP contribution in [0.15, 0.2) is 29.3 Å². The Bertz CT molecular complexity index is 873. The molecule has 4 unspecified atom stereocenters. The Hall–Kier alpha value is -2.45. The summed E-state index contributed by atoms with van der Waals surface area (Å²) in [5.74, 6) is 1.07. The number of rotatable bonds is 6. The number of amides is 1. The topological polar surface area (TPSA) is 100 Å². The predicted molar refractivity (Wildman–Crippen MR) is 120 cm³/mol. The van der Waals surface area contributed by atoms with Gasteiger partial charge in [0.15, 0.2) is 0 Å². The Labute approximate surface area is 189 Å². The molecule has 1 aliphatic carbocycles. The summed E-state index contributed by atoms with van der Waals surface area (Å²) in [4.78, 5) is 31.4. The molecule has 8 nitrogen and oxygen atoms in total. The minimum Gasteiger partial charge on any atom is -0.475 e. The van der Waals surface area contributed by atoms with E-state index in [-0.39, 0.29) is 18.6 Å². The third-order valence-electron chi connectivity index (χ3n) is 7.15. The number of benzene rings is 1. The highest BCUT2D eigenvalue weighted by Gasteiger charge is 2.41. The van der Waals surface area contributed by atoms with Gasteiger partial charge < -0.3 is 19.9 Å². The molecule has 8 heteroatoms. The molecule has 4 rings (SSSR count). The number of nitrogens with zero attached hydrogens (tertiary/aromatic N) is 2. The average molecular weight is 444 g/mol. The lowest BCUT2D eigenvalue weighted by molar-refractivity contribution is -0.130. The van der Waals surface area contributed by atoms with E-state index in [2.05, 4.69) is 15.2 Å². The third-order valence-corrected chi connectivity index (χ3v) is 7.15. The second-order valence-corrected chi connectivity index (χ2v) is 9.04. The van der Waals surface area contributed by atoms with Gasteiger partial charge in [0.1, 0.15) is 12.6 Å². The second kappa shape index (κ2) is 10.0. The van der Waals surface area contributed by atoms with Crippen molar-refractivity contribution in [3.05, 3.63) is 35.4 Å². The van der Waals surface area contributed by atoms with Crippen molar-refractivity contribution in [1.29, 1.82) is 0 Å². The van der Waals surface area contributed by atoms with E-state index in [1.807, 2.05) is 0 Å². The Kier molecular flexibility index (Phi) is 7.10. The number of ether oxygens (including phenoxy) is 2. The molecule has 32 heavy (non-hydrogen) atoms. The van der Waals surface area contributed by atoms with Crippen LogP contribution in [-0.4, -0.2) is 79.8 Å². The first-order valence-electron chi connectivity index (χ1n) is 11.5. The van der Waals surface area contributed by atoms with Crippen molar-refractivity contribution in [2.75, 3.05) is 33.9 Å². The van der Waals surface area contributed by atoms with Crippen LogP contribution in [-0.2, 0) is 14.3 Å². The predicted octanol–water partition coefficient (Wildman–Crippen LogP) is 1.61. The van der Waals surface area contributed by atoms with E-state index in [1.165, 1.54) is 32.8 Å². The van der Waals surface area contributed by atoms with Crippen LogP contribution in [0, 0.1) is 11.8 Å². The molecule has 0 aromatic heterocycles. The van der Waals surface area contributed by atoms with E-state index in [0.29, 0.717) is 35.4 Å². The van der Waals surface area contributed by atoms with E-state index < -0.39 is 18.1 Å². The van der Waals surface area contributed by atoms with E-state index in [0.717, 1.165) is 13.0 Å². The highest BCUT2D eigenvalue weighted by Crippen LogP contribution is 2.38. The van der Waals surface area contributed by atoms with E-state index >= 15 is 0 Å². The van der Waals surface area contributed by atoms with Gasteiger partial charge in [0, 0.05) is 20.1 Å². The molecule has 1 aromatic carbocycles. The summed E-state index contributed by atoms with van der Waals surface area (Å²) in [5, 5.41) is 13.8. The highest BCUT2D eigenvalue weighted by molar-refractivity contribution is 6.05. The number of carbonyl (C=O) groups is 2. The van der Waals surface area contributed by atoms with Crippen LogP contribution >= 0.6 is 0 Å². The summed E-state index contributed by atoms with van der Waals surface area (Å²) >= 11 is 0. The maximum atomic E-state index is 12.6. The van der Waals surface area contributed by atoms with Gasteiger partial charge in [-0.2, -0.15) is 0 Å². The van der Waals surface area contributed by atoms with E-state index in [9.17, 15) is 14.7 Å². The lowest BCUT2D eigenvalue weighted by Gasteiger charge is -2.46. The molecular weight excluding hydrogens is 410 g/mol. The van der Waals surface area contributed by atoms with Gasteiger partial charge in [-0.1, -0.05) is 31.4 Å². The van der Waals surface area contributed by atoms with Gasteiger partial charge in [-0.25, -0.2) is 9.79 Å². The zero-order valence-corrected chi connectivity index (χ0v) is 18.8. The molecule has 3 aliphatic rings. The van der Waals surface area contributed by atoms with Crippen LogP contribution in [0.4, 0.5) is 0 Å². The number of piperidine rings is 1. The Morgan fingerprint density at radius 2 is 2.03 bits per heavy atom. The maximum Gasteiger partial charge on any atom is 0.338 e. The summed E-state index contributed by atoms with van der Waals surface area (Å²) in [5.41, 5.74) is 0.934. The smallest absolute Gasteiger partial charge is 0.338 e. The number of aliphatic hydroxyl groups excluding tert-OH is 1. The lowest BCUT2D eigenvalue weighted by Crippen LogP contribution is -2.56. The summed E-state index contributed by atoms with van der Waals surface area (Å²) in [7, 11) is 3.01. The fourth-order valence-corrected chi connectivity index (χ4v) is 5.39. The summed E-state index contributed by atoms with van der Waals surface area (Å²) in [6, 6.07) is 6.31. The number of likely N-dealkylation sites (N-methyl/N-ethyl adjacent to an activating group) is 1. The van der Waals surface area contributed by atoms with Crippen LogP contribution in [0.5, 0.6) is 0 Å². The maximum absolute atomic E-state index is 12.6. The lowest BCUT2D eigenvalue weighted by atomic mass is 9.72. The number of aliphatic imine (C=N–C) groups is 1. The largest absolute Gasteiger partial charge is 0.475 e. The monoisotopic (exact) mass is 443 g/mol. The third kappa shape index (κ3) is 4.66. The number of hydrogen-bond donors (Lipinski definition) is 2. The van der Waals surface area contributed by atoms with Gasteiger partial charge in [0.2, 0.25) is 11.8 Å². The van der Waals surface area contributed by atoms with Crippen molar-refractivity contribution in [2.45, 2.75) is 50.3 Å². The summed E-state index contributed by atoms with van der Waals surface area (Å²) in [6.07, 6.45) is 4.94. The van der Waals surface area contributed by atoms with Gasteiger partial charge in [0.25, 0.3) is 0 Å². The first kappa shape index (κ1) is 22.7. The number of β-amino-alcohol motifs (C(OH)–C–C–N with tert-alkyl or cyclic N) is 1. The van der Waals surface area contributed by atoms with Crippen molar-refractivity contribution < 1.29 is 24.2 Å². The summed E-state index contributed by atoms with van der Waals surface area (Å²) in [6.45, 7) is 1.43. The number of carbonyl (C=O) groups excluding carboxylic acids is 2. The average Bonchev–Trinajstić information content (AvgIpc) is 3.33. The van der Waals surface area contributed by atoms with Gasteiger partial charge in [-0.3, -0.25) is 9.69 Å². The van der Waals surface area contributed by atoms with Crippen LogP contribution in [0.3, 0.4) is 0 Å². The SMILES string of the molecule is CNC(=O)C1CC2CCCCC2CN1CC(O)[C@@H]1COC(c2ccccc2C(=O)OC)=N1. The molecule has 1 saturated heterocycles. The first-order valence-corrected chi connectivity index (χ1v) is 11.5. The van der Waals surface area contributed by atoms with Crippen LogP contribution < -0.4 is 5.32 Å². The van der Waals surface area contributed by atoms with Crippen LogP contribution in [0.2, 0.25) is 0 Å². The molecule has 0 spiro atoms. The van der Waals surface area contributed by atoms with Crippen molar-refractivity contribution >= 4 is 17.8 Å². The standard InChI is InChI=1S/C24H33N3O5/c1-25-22(29)20-11-15-7-3-4-8-16(15)12-27(20)13-21(28)19-14-32-23(26-19)17-9-5-6-10-18(17)24(30)31-2/h5-6,9-10,15-16,19-21,28H,3-4,7-8,11-14H2,1-2H3,(H,25,29)/t15?,16?,19-,20?,21?/m0/s1. The molecule has 1 saturated carbocycles. The second-order valence-electron chi connectivity index (χ2n) is 9.04. The number of nitrogens with one attached hydrogen (secondary N) is 1. The van der Waals surface area contributed by atoms with Crippen LogP contribution in [0.25, 0.3) is 0 Å². The number of esters is 1. The Morgan fingerprint density at radius 3 is 2.78 bits per heavy atom. The Morgan fingerprint density at radius 1 is 1.28 bits per heavy atom. The van der Waals surface area contributed by atoms with Crippen molar-refractivity contribution in [1.82, 2.24) is 10.2 Å². The molecule has 2 heterocycles. The first-order chi connectivity index (χ1) is 15.5. The van der Waals surface area contributed by atoms with Gasteiger partial charge in [-0.05, 0) is 36.8 Å². The van der Waals surface area contributed by atoms with E-state index in [4.69, 9.17) is 9.47 Å². The molecular formula is C24H33N3O5. The van der Waals surface area contributed by atoms with Crippen LogP contribution in [0.1, 0.15) is 48.0 Å². The minimum absolute atomic E-state index is 0.0140. The molecule has 5 atom stereocenters. The fraction of sp³-hybridized carbons (Fsp3) is 0.625. The van der Waals surface area contributed by atoms with Crippen molar-refractivity contribution in [3.63, 3.8) is 0 Å². The van der Waals surface area contributed by atoms with Crippen molar-refractivity contribution in [3.8, 4) is 0 Å². The minimum atomic E-state index is -0.773. The number of likely N-dealkylation sites (tertiary alicyclic amines) is 1. The molecule has 2 aliphatic heterocycles. The van der Waals surface area contributed by atoms with Crippen molar-refractivity contribution in [2.24, 2.45) is 16.8 Å². The molecule has 2 fully saturated rings. The summed E-state index contributed by atoms with van der Waals surface area (Å²) < 4.78 is 10.6. The van der Waals surface area contributed by atoms with Gasteiger partial charge in [-0.15, -0.1) is 0 Å². The molecule has 174 valence electrons. The fourth-order valence-electron chi connectivity index (χ4n) is 5.39. The Balaban J connectivity index is 1.47. The van der Waals surface area contributed by atoms with E-state index in [1.54, 1.807) is 31.3 Å². The molecule has 1 amide bonds. The number of methoxy groups -OCH3 is 1. The number of aliphatic hydroxyl groups is 1. The zero-order valence-electron chi connectivity index (χ0n) is 18.8. The van der Waals surface area contributed by atoms with Gasteiger partial charge >= 0.3 is 5.97 Å². The zero-order chi connectivity index (χ0) is 22.7. The van der Waals surface area contributed by atoms with Gasteiger partial charge in [0.05, 0.1) is 30.4 Å². The molecule has 2 N–H and O–H groups in total. The highest BCUT2D eigenvalue weighted by atomic mass is 16.5. The molecule has 0 radical (unpaired) electrons. The number of fused-ring (bicyclic) bond motifs is 1. The quantitative estimate of drug-likeness (QED) is 0.648. The molecule has 0 bridgehead atoms. The number of hydrogen-bond acceptors (Lipinski definition) is 7.